The van der Waals surface area contributed by atoms with E-state index in [9.17, 15) is 4.79 Å². The number of aromatic hydroxyl groups is 1. The van der Waals surface area contributed by atoms with E-state index in [-0.39, 0.29) is 18.1 Å². The first-order valence-electron chi connectivity index (χ1n) is 4.94. The lowest BCUT2D eigenvalue weighted by Gasteiger charge is -1.99. The average molecular weight is 241 g/mol. The van der Waals surface area contributed by atoms with E-state index in [1.807, 2.05) is 0 Å². The van der Waals surface area contributed by atoms with E-state index in [4.69, 9.17) is 21.4 Å². The standard InChI is InChI=1S/C12H13ClO3/c1-2-16-12(15)5-3-4-9-6-7-10(14)8-11(9)13/h3-4,6-8,14H,2,5H2,1H3. The van der Waals surface area contributed by atoms with Gasteiger partial charge in [-0.05, 0) is 30.7 Å². The maximum absolute atomic E-state index is 11.0. The number of carbonyl (C=O) groups is 1. The number of hydrogen-bond donors (Lipinski definition) is 1. The SMILES string of the molecule is CCOC(=O)CC=Cc1ccc(O)cc1Cl. The van der Waals surface area contributed by atoms with Crippen molar-refractivity contribution in [1.29, 1.82) is 0 Å². The molecular weight excluding hydrogens is 228 g/mol. The molecule has 1 aromatic carbocycles. The molecule has 0 aliphatic carbocycles. The van der Waals surface area contributed by atoms with E-state index in [2.05, 4.69) is 0 Å². The number of ether oxygens (including phenoxy) is 1. The van der Waals surface area contributed by atoms with Crippen LogP contribution in [-0.4, -0.2) is 17.7 Å². The average Bonchev–Trinajstić information content (AvgIpc) is 2.22. The molecule has 0 amide bonds. The molecule has 1 aromatic rings. The smallest absolute Gasteiger partial charge is 0.309 e. The van der Waals surface area contributed by atoms with Crippen molar-refractivity contribution >= 4 is 23.6 Å². The fourth-order valence-electron chi connectivity index (χ4n) is 1.15. The van der Waals surface area contributed by atoms with Crippen molar-refractivity contribution in [2.75, 3.05) is 6.61 Å². The van der Waals surface area contributed by atoms with Crippen LogP contribution in [0.2, 0.25) is 5.02 Å². The zero-order chi connectivity index (χ0) is 12.0. The second-order valence-corrected chi connectivity index (χ2v) is 3.52. The van der Waals surface area contributed by atoms with Crippen LogP contribution < -0.4 is 0 Å². The van der Waals surface area contributed by atoms with Crippen molar-refractivity contribution in [3.05, 3.63) is 34.9 Å². The fraction of sp³-hybridized carbons (Fsp3) is 0.250. The minimum absolute atomic E-state index is 0.118. The molecule has 0 saturated heterocycles. The summed E-state index contributed by atoms with van der Waals surface area (Å²) in [6.07, 6.45) is 3.61. The zero-order valence-electron chi connectivity index (χ0n) is 8.94. The fourth-order valence-corrected chi connectivity index (χ4v) is 1.39. The summed E-state index contributed by atoms with van der Waals surface area (Å²) < 4.78 is 4.77. The van der Waals surface area contributed by atoms with Crippen LogP contribution in [0.25, 0.3) is 6.08 Å². The minimum atomic E-state index is -0.270. The van der Waals surface area contributed by atoms with E-state index in [0.29, 0.717) is 11.6 Å². The summed E-state index contributed by atoms with van der Waals surface area (Å²) in [6.45, 7) is 2.14. The molecule has 0 saturated carbocycles. The molecule has 0 bridgehead atoms. The molecule has 0 unspecified atom stereocenters. The van der Waals surface area contributed by atoms with Gasteiger partial charge in [0.1, 0.15) is 5.75 Å². The van der Waals surface area contributed by atoms with Gasteiger partial charge in [0.15, 0.2) is 0 Å². The van der Waals surface area contributed by atoms with Crippen LogP contribution >= 0.6 is 11.6 Å². The molecule has 0 radical (unpaired) electrons. The molecule has 1 rings (SSSR count). The second-order valence-electron chi connectivity index (χ2n) is 3.12. The molecule has 3 nitrogen and oxygen atoms in total. The molecule has 0 spiro atoms. The second kappa shape index (κ2) is 6.18. The minimum Gasteiger partial charge on any atom is -0.508 e. The van der Waals surface area contributed by atoms with Gasteiger partial charge in [-0.1, -0.05) is 23.8 Å². The quantitative estimate of drug-likeness (QED) is 0.823. The van der Waals surface area contributed by atoms with Crippen molar-refractivity contribution < 1.29 is 14.6 Å². The van der Waals surface area contributed by atoms with Crippen LogP contribution in [0, 0.1) is 0 Å². The van der Waals surface area contributed by atoms with Crippen molar-refractivity contribution in [2.24, 2.45) is 0 Å². The Morgan fingerprint density at radius 3 is 2.94 bits per heavy atom. The van der Waals surface area contributed by atoms with Gasteiger partial charge in [-0.2, -0.15) is 0 Å². The Kier molecular flexibility index (Phi) is 4.86. The Balaban J connectivity index is 2.59. The molecule has 0 aliphatic heterocycles. The predicted octanol–water partition coefficient (Wildman–Crippen LogP) is 3.01. The Labute approximate surface area is 99.3 Å². The number of phenols is 1. The Morgan fingerprint density at radius 1 is 1.56 bits per heavy atom. The van der Waals surface area contributed by atoms with Gasteiger partial charge < -0.3 is 9.84 Å². The molecular formula is C12H13ClO3. The highest BCUT2D eigenvalue weighted by Gasteiger charge is 1.99. The van der Waals surface area contributed by atoms with Crippen molar-refractivity contribution in [1.82, 2.24) is 0 Å². The first-order valence-corrected chi connectivity index (χ1v) is 5.32. The van der Waals surface area contributed by atoms with Crippen molar-refractivity contribution in [3.8, 4) is 5.75 Å². The van der Waals surface area contributed by atoms with Crippen LogP contribution in [0.15, 0.2) is 24.3 Å². The van der Waals surface area contributed by atoms with Crippen molar-refractivity contribution in [2.45, 2.75) is 13.3 Å². The van der Waals surface area contributed by atoms with Gasteiger partial charge >= 0.3 is 5.97 Å². The molecule has 4 heteroatoms. The highest BCUT2D eigenvalue weighted by molar-refractivity contribution is 6.32. The first kappa shape index (κ1) is 12.6. The van der Waals surface area contributed by atoms with Gasteiger partial charge in [-0.25, -0.2) is 0 Å². The third-order valence-electron chi connectivity index (χ3n) is 1.87. The molecule has 16 heavy (non-hydrogen) atoms. The lowest BCUT2D eigenvalue weighted by atomic mass is 10.2. The van der Waals surface area contributed by atoms with Crippen LogP contribution in [-0.2, 0) is 9.53 Å². The van der Waals surface area contributed by atoms with Crippen molar-refractivity contribution in [3.63, 3.8) is 0 Å². The monoisotopic (exact) mass is 240 g/mol. The maximum atomic E-state index is 11.0. The Hall–Kier alpha value is -1.48. The number of hydrogen-bond acceptors (Lipinski definition) is 3. The first-order chi connectivity index (χ1) is 7.63. The Morgan fingerprint density at radius 2 is 2.31 bits per heavy atom. The predicted molar refractivity (Wildman–Crippen MR) is 63.4 cm³/mol. The summed E-state index contributed by atoms with van der Waals surface area (Å²) in [5.74, 6) is -0.152. The molecule has 86 valence electrons. The van der Waals surface area contributed by atoms with Gasteiger partial charge in [-0.15, -0.1) is 0 Å². The largest absolute Gasteiger partial charge is 0.508 e. The molecule has 0 fully saturated rings. The summed E-state index contributed by atoms with van der Waals surface area (Å²) in [4.78, 5) is 11.0. The summed E-state index contributed by atoms with van der Waals surface area (Å²) in [7, 11) is 0. The van der Waals surface area contributed by atoms with Crippen LogP contribution in [0.1, 0.15) is 18.9 Å². The summed E-state index contributed by atoms with van der Waals surface area (Å²) in [5.41, 5.74) is 0.753. The number of halogens is 1. The van der Waals surface area contributed by atoms with Gasteiger partial charge in [-0.3, -0.25) is 4.79 Å². The lowest BCUT2D eigenvalue weighted by Crippen LogP contribution is -2.01. The van der Waals surface area contributed by atoms with Gasteiger partial charge in [0.05, 0.1) is 18.1 Å². The summed E-state index contributed by atoms with van der Waals surface area (Å²) >= 11 is 5.88. The topological polar surface area (TPSA) is 46.5 Å². The van der Waals surface area contributed by atoms with Gasteiger partial charge in [0.25, 0.3) is 0 Å². The van der Waals surface area contributed by atoms with E-state index < -0.39 is 0 Å². The highest BCUT2D eigenvalue weighted by atomic mass is 35.5. The molecule has 0 aliphatic rings. The van der Waals surface area contributed by atoms with E-state index in [1.54, 1.807) is 25.1 Å². The lowest BCUT2D eigenvalue weighted by molar-refractivity contribution is -0.142. The third-order valence-corrected chi connectivity index (χ3v) is 2.20. The third kappa shape index (κ3) is 3.95. The van der Waals surface area contributed by atoms with E-state index >= 15 is 0 Å². The molecule has 0 aromatic heterocycles. The summed E-state index contributed by atoms with van der Waals surface area (Å²) in [6, 6.07) is 4.67. The van der Waals surface area contributed by atoms with E-state index in [1.165, 1.54) is 12.1 Å². The molecule has 1 N–H and O–H groups in total. The number of phenolic OH excluding ortho intramolecular Hbond substituents is 1. The van der Waals surface area contributed by atoms with E-state index in [0.717, 1.165) is 5.56 Å². The highest BCUT2D eigenvalue weighted by Crippen LogP contribution is 2.22. The van der Waals surface area contributed by atoms with Crippen LogP contribution in [0.3, 0.4) is 0 Å². The number of benzene rings is 1. The molecule has 0 atom stereocenters. The van der Waals surface area contributed by atoms with Crippen LogP contribution in [0.4, 0.5) is 0 Å². The van der Waals surface area contributed by atoms with Gasteiger partial charge in [0, 0.05) is 0 Å². The Bertz CT molecular complexity index is 399. The summed E-state index contributed by atoms with van der Waals surface area (Å²) in [5, 5.41) is 9.58. The number of esters is 1. The maximum Gasteiger partial charge on any atom is 0.309 e. The van der Waals surface area contributed by atoms with Gasteiger partial charge in [0.2, 0.25) is 0 Å². The number of rotatable bonds is 4. The number of carbonyl (C=O) groups excluding carboxylic acids is 1. The molecule has 0 heterocycles. The zero-order valence-corrected chi connectivity index (χ0v) is 9.70. The van der Waals surface area contributed by atoms with Crippen LogP contribution in [0.5, 0.6) is 5.75 Å². The normalized spacial score (nSPS) is 10.6.